The van der Waals surface area contributed by atoms with Crippen LogP contribution in [0, 0.1) is 0 Å². The van der Waals surface area contributed by atoms with Gasteiger partial charge in [-0.2, -0.15) is 0 Å². The van der Waals surface area contributed by atoms with Crippen LogP contribution in [0.1, 0.15) is 13.3 Å². The normalized spacial score (nSPS) is 20.7. The lowest BCUT2D eigenvalue weighted by molar-refractivity contribution is -0.175. The lowest BCUT2D eigenvalue weighted by atomic mass is 9.87. The smallest absolute Gasteiger partial charge is 0.264 e. The molecule has 0 aliphatic rings. The van der Waals surface area contributed by atoms with Crippen molar-refractivity contribution in [1.82, 2.24) is 4.72 Å². The number of rotatable bonds is 6. The van der Waals surface area contributed by atoms with E-state index in [0.717, 1.165) is 0 Å². The summed E-state index contributed by atoms with van der Waals surface area (Å²) < 4.78 is 1.84. The average Bonchev–Trinajstić information content (AvgIpc) is 2.33. The number of amides is 1. The summed E-state index contributed by atoms with van der Waals surface area (Å²) in [6.07, 6.45) is -5.64. The van der Waals surface area contributed by atoms with Gasteiger partial charge in [0.1, 0.15) is 18.3 Å². The van der Waals surface area contributed by atoms with Crippen molar-refractivity contribution >= 4 is 18.7 Å². The fourth-order valence-corrected chi connectivity index (χ4v) is 1.40. The van der Waals surface area contributed by atoms with Gasteiger partial charge in [-0.25, -0.2) is 0 Å². The van der Waals surface area contributed by atoms with Gasteiger partial charge in [0, 0.05) is 0 Å². The predicted molar refractivity (Wildman–Crippen MR) is 57.5 cm³/mol. The minimum Gasteiger partial charge on any atom is -0.394 e. The van der Waals surface area contributed by atoms with Gasteiger partial charge in [-0.15, -0.1) is 0 Å². The number of thiol groups is 1. The molecule has 0 heterocycles. The molecule has 0 fully saturated rings. The van der Waals surface area contributed by atoms with Gasteiger partial charge in [0.2, 0.25) is 0 Å². The fourth-order valence-electron chi connectivity index (χ4n) is 1.20. The molecule has 0 aliphatic heterocycles. The van der Waals surface area contributed by atoms with Gasteiger partial charge in [0.15, 0.2) is 5.60 Å². The summed E-state index contributed by atoms with van der Waals surface area (Å²) in [7, 11) is 0. The molecule has 0 aromatic carbocycles. The van der Waals surface area contributed by atoms with E-state index in [1.807, 2.05) is 4.72 Å². The van der Waals surface area contributed by atoms with Crippen LogP contribution in [0.15, 0.2) is 0 Å². The first-order valence-electron chi connectivity index (χ1n) is 4.67. The maximum Gasteiger partial charge on any atom is 0.264 e. The summed E-state index contributed by atoms with van der Waals surface area (Å²) in [4.78, 5) is 11.3. The zero-order valence-electron chi connectivity index (χ0n) is 8.74. The number of nitrogens with one attached hydrogen (secondary N) is 1. The van der Waals surface area contributed by atoms with Crippen LogP contribution in [-0.4, -0.2) is 62.0 Å². The number of carbonyl (C=O) groups is 1. The van der Waals surface area contributed by atoms with Gasteiger partial charge < -0.3 is 30.3 Å². The van der Waals surface area contributed by atoms with Gasteiger partial charge in [-0.1, -0.05) is 19.7 Å². The Morgan fingerprint density at radius 2 is 1.94 bits per heavy atom. The molecule has 4 atom stereocenters. The van der Waals surface area contributed by atoms with Gasteiger partial charge in [-0.3, -0.25) is 4.79 Å². The van der Waals surface area contributed by atoms with Crippen LogP contribution in [0.5, 0.6) is 0 Å². The quantitative estimate of drug-likeness (QED) is 0.256. The van der Waals surface area contributed by atoms with Crippen LogP contribution in [0.3, 0.4) is 0 Å². The summed E-state index contributed by atoms with van der Waals surface area (Å²) in [6, 6.07) is 0. The number of hydrogen-bond donors (Lipinski definition) is 7. The highest BCUT2D eigenvalue weighted by molar-refractivity contribution is 7.78. The molecule has 0 rings (SSSR count). The third kappa shape index (κ3) is 3.06. The summed E-state index contributed by atoms with van der Waals surface area (Å²) in [5, 5.41) is 46.4. The first-order chi connectivity index (χ1) is 7.34. The Morgan fingerprint density at radius 3 is 2.25 bits per heavy atom. The largest absolute Gasteiger partial charge is 0.394 e. The molecule has 16 heavy (non-hydrogen) atoms. The highest BCUT2D eigenvalue weighted by Gasteiger charge is 2.46. The second kappa shape index (κ2) is 6.38. The number of aliphatic hydroxyl groups excluding tert-OH is 4. The molecule has 96 valence electrons. The third-order valence-corrected chi connectivity index (χ3v) is 2.63. The molecule has 0 spiro atoms. The molecule has 0 unspecified atom stereocenters. The standard InChI is InChI=1S/C8H17NO6S/c1-2-8(15,7(14)9-16)6(13)5(12)4(11)3-10/h4-6,10-13,15-16H,2-3H2,1H3,(H,9,14)/t4-,5-,6+,8-/m1/s1. The summed E-state index contributed by atoms with van der Waals surface area (Å²) in [6.45, 7) is 0.602. The molecular formula is C8H17NO6S. The Morgan fingerprint density at radius 1 is 1.44 bits per heavy atom. The van der Waals surface area contributed by atoms with Crippen molar-refractivity contribution in [2.75, 3.05) is 6.61 Å². The molecule has 8 heteroatoms. The molecule has 0 radical (unpaired) electrons. The van der Waals surface area contributed by atoms with Crippen molar-refractivity contribution < 1.29 is 30.3 Å². The number of carbonyl (C=O) groups excluding carboxylic acids is 1. The van der Waals surface area contributed by atoms with Crippen molar-refractivity contribution in [3.63, 3.8) is 0 Å². The third-order valence-electron chi connectivity index (χ3n) is 2.43. The van der Waals surface area contributed by atoms with Gasteiger partial charge in [0.25, 0.3) is 5.91 Å². The average molecular weight is 255 g/mol. The van der Waals surface area contributed by atoms with Crippen LogP contribution in [-0.2, 0) is 4.79 Å². The van der Waals surface area contributed by atoms with E-state index in [4.69, 9.17) is 10.2 Å². The maximum absolute atomic E-state index is 11.3. The molecule has 0 aliphatic carbocycles. The summed E-state index contributed by atoms with van der Waals surface area (Å²) in [5.74, 6) is -1.00. The van der Waals surface area contributed by atoms with E-state index >= 15 is 0 Å². The van der Waals surface area contributed by atoms with Gasteiger partial charge >= 0.3 is 0 Å². The zero-order chi connectivity index (χ0) is 12.9. The monoisotopic (exact) mass is 255 g/mol. The SMILES string of the molecule is CC[C@](O)(C(=O)NS)[C@@H](O)[C@H](O)[C@H](O)CO. The van der Waals surface area contributed by atoms with Gasteiger partial charge in [-0.05, 0) is 6.42 Å². The highest BCUT2D eigenvalue weighted by Crippen LogP contribution is 2.20. The van der Waals surface area contributed by atoms with Crippen LogP contribution in [0.25, 0.3) is 0 Å². The van der Waals surface area contributed by atoms with Crippen molar-refractivity contribution in [3.05, 3.63) is 0 Å². The minimum absolute atomic E-state index is 0.199. The van der Waals surface area contributed by atoms with Crippen molar-refractivity contribution in [2.45, 2.75) is 37.3 Å². The van der Waals surface area contributed by atoms with E-state index in [-0.39, 0.29) is 6.42 Å². The molecular weight excluding hydrogens is 238 g/mol. The van der Waals surface area contributed by atoms with Crippen LogP contribution in [0.4, 0.5) is 0 Å². The van der Waals surface area contributed by atoms with E-state index in [1.54, 1.807) is 0 Å². The van der Waals surface area contributed by atoms with Crippen molar-refractivity contribution in [3.8, 4) is 0 Å². The molecule has 6 N–H and O–H groups in total. The zero-order valence-corrected chi connectivity index (χ0v) is 9.63. The minimum atomic E-state index is -2.28. The molecule has 0 aromatic heterocycles. The topological polar surface area (TPSA) is 130 Å². The van der Waals surface area contributed by atoms with Crippen LogP contribution in [0.2, 0.25) is 0 Å². The first-order valence-corrected chi connectivity index (χ1v) is 5.11. The van der Waals surface area contributed by atoms with E-state index in [2.05, 4.69) is 12.8 Å². The number of aliphatic hydroxyl groups is 5. The fraction of sp³-hybridized carbons (Fsp3) is 0.875. The Kier molecular flexibility index (Phi) is 6.23. The lowest BCUT2D eigenvalue weighted by Gasteiger charge is -2.34. The van der Waals surface area contributed by atoms with Crippen molar-refractivity contribution in [1.29, 1.82) is 0 Å². The second-order valence-electron chi connectivity index (χ2n) is 3.40. The summed E-state index contributed by atoms with van der Waals surface area (Å²) >= 11 is 3.44. The molecule has 0 bridgehead atoms. The summed E-state index contributed by atoms with van der Waals surface area (Å²) in [5.41, 5.74) is -2.28. The molecule has 7 nitrogen and oxygen atoms in total. The molecule has 1 amide bonds. The van der Waals surface area contributed by atoms with Crippen molar-refractivity contribution in [2.24, 2.45) is 0 Å². The maximum atomic E-state index is 11.3. The Balaban J connectivity index is 4.89. The highest BCUT2D eigenvalue weighted by atomic mass is 32.1. The first kappa shape index (κ1) is 15.6. The van der Waals surface area contributed by atoms with Crippen LogP contribution < -0.4 is 4.72 Å². The predicted octanol–water partition coefficient (Wildman–Crippen LogP) is -2.84. The second-order valence-corrected chi connectivity index (χ2v) is 3.63. The van der Waals surface area contributed by atoms with E-state index in [1.165, 1.54) is 6.92 Å². The molecule has 0 saturated carbocycles. The number of hydrogen-bond acceptors (Lipinski definition) is 7. The van der Waals surface area contributed by atoms with E-state index in [0.29, 0.717) is 0 Å². The Labute approximate surface area is 98.3 Å². The molecule has 0 saturated heterocycles. The van der Waals surface area contributed by atoms with E-state index in [9.17, 15) is 20.1 Å². The van der Waals surface area contributed by atoms with Gasteiger partial charge in [0.05, 0.1) is 6.61 Å². The van der Waals surface area contributed by atoms with E-state index < -0.39 is 36.4 Å². The van der Waals surface area contributed by atoms with Crippen LogP contribution >= 0.6 is 12.8 Å². The molecule has 0 aromatic rings. The Bertz CT molecular complexity index is 241. The lowest BCUT2D eigenvalue weighted by Crippen LogP contribution is -2.59. The Hall–Kier alpha value is -0.380.